The van der Waals surface area contributed by atoms with Crippen LogP contribution in [0.1, 0.15) is 38.4 Å². The van der Waals surface area contributed by atoms with E-state index in [1.165, 1.54) is 5.56 Å². The van der Waals surface area contributed by atoms with Gasteiger partial charge >= 0.3 is 0 Å². The molecule has 0 fully saturated rings. The average molecular weight is 529 g/mol. The van der Waals surface area contributed by atoms with Gasteiger partial charge in [0.25, 0.3) is 5.91 Å². The molecule has 1 heterocycles. The van der Waals surface area contributed by atoms with Crippen LogP contribution in [0.15, 0.2) is 60.7 Å². The van der Waals surface area contributed by atoms with Crippen LogP contribution in [0.2, 0.25) is 15.1 Å². The Kier molecular flexibility index (Phi) is 7.70. The van der Waals surface area contributed by atoms with E-state index in [0.29, 0.717) is 38.6 Å². The van der Waals surface area contributed by atoms with Gasteiger partial charge in [-0.05, 0) is 56.2 Å². The maximum absolute atomic E-state index is 13.1. The molecule has 0 saturated carbocycles. The zero-order chi connectivity index (χ0) is 25.1. The fourth-order valence-electron chi connectivity index (χ4n) is 3.83. The summed E-state index contributed by atoms with van der Waals surface area (Å²) in [6.45, 7) is 6.73. The van der Waals surface area contributed by atoms with E-state index in [9.17, 15) is 4.79 Å². The van der Waals surface area contributed by atoms with Crippen molar-refractivity contribution < 1.29 is 9.53 Å². The van der Waals surface area contributed by atoms with Gasteiger partial charge in [0.05, 0.1) is 33.7 Å². The zero-order valence-corrected chi connectivity index (χ0v) is 21.8. The Morgan fingerprint density at radius 1 is 0.943 bits per heavy atom. The van der Waals surface area contributed by atoms with Gasteiger partial charge in [0.1, 0.15) is 6.61 Å². The van der Waals surface area contributed by atoms with E-state index in [1.807, 2.05) is 30.7 Å². The number of hydrogen-bond donors (Lipinski definition) is 1. The van der Waals surface area contributed by atoms with Crippen molar-refractivity contribution in [3.63, 3.8) is 0 Å². The summed E-state index contributed by atoms with van der Waals surface area (Å²) in [6, 6.07) is 18.6. The lowest BCUT2D eigenvalue weighted by Gasteiger charge is -2.12. The Bertz CT molecular complexity index is 1380. The van der Waals surface area contributed by atoms with Crippen molar-refractivity contribution >= 4 is 46.4 Å². The minimum Gasteiger partial charge on any atom is -0.486 e. The second-order valence-electron chi connectivity index (χ2n) is 8.33. The van der Waals surface area contributed by atoms with Crippen LogP contribution in [0.25, 0.3) is 0 Å². The Labute approximate surface area is 219 Å². The third-order valence-corrected chi connectivity index (χ3v) is 6.35. The fourth-order valence-corrected chi connectivity index (χ4v) is 4.75. The number of halogens is 3. The maximum Gasteiger partial charge on any atom is 0.255 e. The molecule has 1 N–H and O–H groups in total. The summed E-state index contributed by atoms with van der Waals surface area (Å²) >= 11 is 18.4. The summed E-state index contributed by atoms with van der Waals surface area (Å²) in [5, 5.41) is 8.73. The molecule has 0 saturated heterocycles. The minimum atomic E-state index is -0.226. The predicted octanol–water partition coefficient (Wildman–Crippen LogP) is 7.65. The number of anilines is 1. The van der Waals surface area contributed by atoms with Crippen LogP contribution in [-0.4, -0.2) is 15.7 Å². The van der Waals surface area contributed by atoms with E-state index >= 15 is 0 Å². The van der Waals surface area contributed by atoms with Gasteiger partial charge in [-0.15, -0.1) is 0 Å². The number of benzene rings is 3. The Balaban J connectivity index is 1.47. The Hall–Kier alpha value is -2.99. The van der Waals surface area contributed by atoms with Gasteiger partial charge in [-0.3, -0.25) is 9.48 Å². The van der Waals surface area contributed by atoms with Gasteiger partial charge in [0.2, 0.25) is 0 Å². The van der Waals surface area contributed by atoms with Crippen LogP contribution < -0.4 is 10.1 Å². The van der Waals surface area contributed by atoms with Crippen molar-refractivity contribution in [3.05, 3.63) is 109 Å². The topological polar surface area (TPSA) is 56.2 Å². The second-order valence-corrected chi connectivity index (χ2v) is 9.59. The molecule has 0 aliphatic rings. The molecule has 0 bridgehead atoms. The molecule has 5 nitrogen and oxygen atoms in total. The molecule has 8 heteroatoms. The Morgan fingerprint density at radius 2 is 1.63 bits per heavy atom. The summed E-state index contributed by atoms with van der Waals surface area (Å²) in [5.74, 6) is 0.121. The van der Waals surface area contributed by atoms with Gasteiger partial charge in [0.15, 0.2) is 5.75 Å². The molecular formula is C27H24Cl3N3O2. The van der Waals surface area contributed by atoms with Crippen molar-refractivity contribution in [1.82, 2.24) is 9.78 Å². The van der Waals surface area contributed by atoms with E-state index < -0.39 is 0 Å². The number of nitrogens with zero attached hydrogens (tertiary/aromatic N) is 2. The molecule has 0 aliphatic carbocycles. The molecule has 0 unspecified atom stereocenters. The first-order valence-electron chi connectivity index (χ1n) is 11.0. The summed E-state index contributed by atoms with van der Waals surface area (Å²) in [7, 11) is 0. The van der Waals surface area contributed by atoms with E-state index in [1.54, 1.807) is 30.3 Å². The molecule has 0 radical (unpaired) electrons. The summed E-state index contributed by atoms with van der Waals surface area (Å²) in [4.78, 5) is 13.1. The zero-order valence-electron chi connectivity index (χ0n) is 19.5. The van der Waals surface area contributed by atoms with Crippen LogP contribution in [0.5, 0.6) is 5.75 Å². The number of aromatic nitrogens is 2. The van der Waals surface area contributed by atoms with E-state index in [2.05, 4.69) is 35.5 Å². The lowest BCUT2D eigenvalue weighted by molar-refractivity contribution is 0.102. The quantitative estimate of drug-likeness (QED) is 0.268. The number of carbonyl (C=O) groups excluding carboxylic acids is 1. The van der Waals surface area contributed by atoms with Crippen molar-refractivity contribution in [1.29, 1.82) is 0 Å². The minimum absolute atomic E-state index is 0.189. The molecule has 180 valence electrons. The van der Waals surface area contributed by atoms with E-state index in [4.69, 9.17) is 39.5 Å². The highest BCUT2D eigenvalue weighted by molar-refractivity contribution is 6.40. The highest BCUT2D eigenvalue weighted by Gasteiger charge is 2.16. The van der Waals surface area contributed by atoms with Crippen LogP contribution in [0.3, 0.4) is 0 Å². The van der Waals surface area contributed by atoms with Crippen molar-refractivity contribution in [2.45, 2.75) is 33.9 Å². The SMILES string of the molecule is Cc1cccc(Cn2nc(C)c(NC(=O)c3cccc(COc4c(Cl)cc(Cl)cc4Cl)c3)c2C)c1. The molecular weight excluding hydrogens is 505 g/mol. The molecule has 35 heavy (non-hydrogen) atoms. The Morgan fingerprint density at radius 3 is 2.34 bits per heavy atom. The van der Waals surface area contributed by atoms with Crippen molar-refractivity contribution in [2.75, 3.05) is 5.32 Å². The highest BCUT2D eigenvalue weighted by atomic mass is 35.5. The molecule has 0 aliphatic heterocycles. The number of rotatable bonds is 7. The normalized spacial score (nSPS) is 10.9. The molecule has 1 aromatic heterocycles. The first-order valence-corrected chi connectivity index (χ1v) is 12.1. The van der Waals surface area contributed by atoms with Crippen LogP contribution in [0.4, 0.5) is 5.69 Å². The number of hydrogen-bond acceptors (Lipinski definition) is 3. The maximum atomic E-state index is 13.1. The largest absolute Gasteiger partial charge is 0.486 e. The number of aryl methyl sites for hydroxylation is 2. The van der Waals surface area contributed by atoms with Gasteiger partial charge in [-0.25, -0.2) is 0 Å². The molecule has 4 aromatic rings. The predicted molar refractivity (Wildman–Crippen MR) is 142 cm³/mol. The fraction of sp³-hybridized carbons (Fsp3) is 0.185. The van der Waals surface area contributed by atoms with Gasteiger partial charge < -0.3 is 10.1 Å². The monoisotopic (exact) mass is 527 g/mol. The molecule has 0 atom stereocenters. The van der Waals surface area contributed by atoms with E-state index in [-0.39, 0.29) is 12.5 Å². The smallest absolute Gasteiger partial charge is 0.255 e. The summed E-state index contributed by atoms with van der Waals surface area (Å²) in [6.07, 6.45) is 0. The average Bonchev–Trinajstić information content (AvgIpc) is 3.06. The molecule has 4 rings (SSSR count). The van der Waals surface area contributed by atoms with Crippen molar-refractivity contribution in [3.8, 4) is 5.75 Å². The van der Waals surface area contributed by atoms with Gasteiger partial charge in [-0.1, -0.05) is 76.8 Å². The lowest BCUT2D eigenvalue weighted by atomic mass is 10.1. The van der Waals surface area contributed by atoms with E-state index in [0.717, 1.165) is 22.5 Å². The lowest BCUT2D eigenvalue weighted by Crippen LogP contribution is -2.14. The number of nitrogens with one attached hydrogen (secondary N) is 1. The number of carbonyl (C=O) groups is 1. The molecule has 3 aromatic carbocycles. The first kappa shape index (κ1) is 25.1. The molecule has 1 amide bonds. The molecule has 0 spiro atoms. The summed E-state index contributed by atoms with van der Waals surface area (Å²) < 4.78 is 7.71. The number of ether oxygens (including phenoxy) is 1. The third-order valence-electron chi connectivity index (χ3n) is 5.57. The standard InChI is InChI=1S/C27H24Cl3N3O2/c1-16-6-4-7-19(10-16)14-33-18(3)25(17(2)32-33)31-27(34)21-9-5-8-20(11-21)15-35-26-23(29)12-22(28)13-24(26)30/h4-13H,14-15H2,1-3H3,(H,31,34). The van der Waals surface area contributed by atoms with Gasteiger partial charge in [0, 0.05) is 10.6 Å². The third kappa shape index (κ3) is 5.99. The van der Waals surface area contributed by atoms with Gasteiger partial charge in [-0.2, -0.15) is 5.10 Å². The second kappa shape index (κ2) is 10.7. The van der Waals surface area contributed by atoms with Crippen LogP contribution in [0, 0.1) is 20.8 Å². The van der Waals surface area contributed by atoms with Crippen LogP contribution >= 0.6 is 34.8 Å². The van der Waals surface area contributed by atoms with Crippen LogP contribution in [-0.2, 0) is 13.2 Å². The van der Waals surface area contributed by atoms with Crippen molar-refractivity contribution in [2.24, 2.45) is 0 Å². The highest BCUT2D eigenvalue weighted by Crippen LogP contribution is 2.36. The summed E-state index contributed by atoms with van der Waals surface area (Å²) in [5.41, 5.74) is 6.01. The first-order chi connectivity index (χ1) is 16.7. The number of amides is 1.